The number of ether oxygens (including phenoxy) is 1. The summed E-state index contributed by atoms with van der Waals surface area (Å²) in [6, 6.07) is 16.1. The first-order chi connectivity index (χ1) is 19.9. The lowest BCUT2D eigenvalue weighted by molar-refractivity contribution is 0.0525. The first-order valence-electron chi connectivity index (χ1n) is 13.6. The van der Waals surface area contributed by atoms with Crippen LogP contribution in [0, 0.1) is 5.82 Å². The average Bonchev–Trinajstić information content (AvgIpc) is 3.62. The summed E-state index contributed by atoms with van der Waals surface area (Å²) in [5.41, 5.74) is 3.94. The first-order valence-corrected chi connectivity index (χ1v) is 13.6. The molecule has 0 saturated heterocycles. The molecular formula is C32H30FN3O5. The van der Waals surface area contributed by atoms with Crippen LogP contribution in [0.3, 0.4) is 0 Å². The van der Waals surface area contributed by atoms with Gasteiger partial charge in [0.05, 0.1) is 48.0 Å². The number of hydrogen-bond donors (Lipinski definition) is 2. The van der Waals surface area contributed by atoms with Gasteiger partial charge in [-0.15, -0.1) is 0 Å². The number of pyridine rings is 1. The zero-order valence-corrected chi connectivity index (χ0v) is 22.8. The molecule has 1 atom stereocenters. The van der Waals surface area contributed by atoms with Crippen molar-refractivity contribution in [2.24, 2.45) is 0 Å². The highest BCUT2D eigenvalue weighted by atomic mass is 19.1. The van der Waals surface area contributed by atoms with Crippen molar-refractivity contribution < 1.29 is 27.9 Å². The molecule has 1 unspecified atom stereocenters. The number of esters is 1. The van der Waals surface area contributed by atoms with Crippen LogP contribution in [0.1, 0.15) is 80.1 Å². The van der Waals surface area contributed by atoms with Crippen LogP contribution in [0.4, 0.5) is 4.39 Å². The normalized spacial score (nSPS) is 13.9. The molecule has 8 nitrogen and oxygen atoms in total. The number of fused-ring (bicyclic) bond motifs is 1. The minimum atomic E-state index is -0.583. The molecule has 9 heteroatoms. The van der Waals surface area contributed by atoms with Crippen LogP contribution in [0.25, 0.3) is 11.1 Å². The SMILES string of the molecule is CCOC(=O)c1c(CCc2ccc(F)cc2)nc2c(c1-c1ccc(C(=O)NCc3ccco3)cc1)C(=O)NC2CC. The number of benzene rings is 2. The number of hydrogen-bond acceptors (Lipinski definition) is 6. The van der Waals surface area contributed by atoms with Crippen LogP contribution in [-0.4, -0.2) is 29.4 Å². The Morgan fingerprint density at radius 2 is 1.78 bits per heavy atom. The molecule has 5 rings (SSSR count). The van der Waals surface area contributed by atoms with Crippen LogP contribution in [0.2, 0.25) is 0 Å². The lowest BCUT2D eigenvalue weighted by Crippen LogP contribution is -2.22. The molecule has 0 fully saturated rings. The second kappa shape index (κ2) is 12.2. The maximum Gasteiger partial charge on any atom is 0.340 e. The molecule has 41 heavy (non-hydrogen) atoms. The Morgan fingerprint density at radius 1 is 1.02 bits per heavy atom. The van der Waals surface area contributed by atoms with Gasteiger partial charge in [0.1, 0.15) is 11.6 Å². The van der Waals surface area contributed by atoms with Crippen LogP contribution >= 0.6 is 0 Å². The Kier molecular flexibility index (Phi) is 8.24. The number of aromatic nitrogens is 1. The molecule has 4 aromatic rings. The molecule has 3 heterocycles. The predicted octanol–water partition coefficient (Wildman–Crippen LogP) is 5.57. The van der Waals surface area contributed by atoms with Crippen molar-refractivity contribution in [2.45, 2.75) is 45.7 Å². The van der Waals surface area contributed by atoms with E-state index >= 15 is 0 Å². The molecule has 1 aliphatic rings. The van der Waals surface area contributed by atoms with Crippen LogP contribution < -0.4 is 10.6 Å². The number of halogens is 1. The van der Waals surface area contributed by atoms with E-state index in [2.05, 4.69) is 10.6 Å². The highest BCUT2D eigenvalue weighted by Crippen LogP contribution is 2.38. The Hall–Kier alpha value is -4.79. The molecule has 0 aliphatic carbocycles. The molecule has 2 amide bonds. The van der Waals surface area contributed by atoms with Crippen LogP contribution in [0.5, 0.6) is 0 Å². The molecular weight excluding hydrogens is 525 g/mol. The van der Waals surface area contributed by atoms with Gasteiger partial charge in [-0.2, -0.15) is 0 Å². The quantitative estimate of drug-likeness (QED) is 0.248. The van der Waals surface area contributed by atoms with Crippen LogP contribution in [0.15, 0.2) is 71.3 Å². The Balaban J connectivity index is 1.56. The second-order valence-corrected chi connectivity index (χ2v) is 9.69. The van der Waals surface area contributed by atoms with E-state index in [4.69, 9.17) is 14.1 Å². The third-order valence-corrected chi connectivity index (χ3v) is 7.05. The molecule has 0 saturated carbocycles. The maximum atomic E-state index is 13.5. The molecule has 0 radical (unpaired) electrons. The molecule has 210 valence electrons. The molecule has 2 N–H and O–H groups in total. The molecule has 2 aromatic heterocycles. The van der Waals surface area contributed by atoms with Crippen molar-refractivity contribution in [1.29, 1.82) is 0 Å². The van der Waals surface area contributed by atoms with Gasteiger partial charge in [0.2, 0.25) is 0 Å². The van der Waals surface area contributed by atoms with Gasteiger partial charge < -0.3 is 19.8 Å². The topological polar surface area (TPSA) is 111 Å². The van der Waals surface area contributed by atoms with Crippen molar-refractivity contribution in [1.82, 2.24) is 15.6 Å². The number of nitrogens with zero attached hydrogens (tertiary/aromatic N) is 1. The van der Waals surface area contributed by atoms with E-state index in [9.17, 15) is 18.8 Å². The van der Waals surface area contributed by atoms with Gasteiger partial charge in [0, 0.05) is 11.1 Å². The van der Waals surface area contributed by atoms with Gasteiger partial charge >= 0.3 is 5.97 Å². The average molecular weight is 556 g/mol. The molecule has 2 aromatic carbocycles. The molecule has 0 bridgehead atoms. The van der Waals surface area contributed by atoms with Gasteiger partial charge in [0.25, 0.3) is 11.8 Å². The molecule has 1 aliphatic heterocycles. The van der Waals surface area contributed by atoms with E-state index in [1.54, 1.807) is 55.5 Å². The largest absolute Gasteiger partial charge is 0.467 e. The number of carbonyl (C=O) groups excluding carboxylic acids is 3. The van der Waals surface area contributed by atoms with Crippen molar-refractivity contribution in [3.05, 3.63) is 112 Å². The fourth-order valence-electron chi connectivity index (χ4n) is 5.01. The summed E-state index contributed by atoms with van der Waals surface area (Å²) in [6.45, 7) is 4.06. The lowest BCUT2D eigenvalue weighted by Gasteiger charge is -2.18. The van der Waals surface area contributed by atoms with E-state index in [0.29, 0.717) is 58.7 Å². The van der Waals surface area contributed by atoms with Gasteiger partial charge in [-0.1, -0.05) is 31.2 Å². The smallest absolute Gasteiger partial charge is 0.340 e. The van der Waals surface area contributed by atoms with Gasteiger partial charge in [-0.3, -0.25) is 14.6 Å². The number of furan rings is 1. The van der Waals surface area contributed by atoms with E-state index < -0.39 is 5.97 Å². The highest BCUT2D eigenvalue weighted by Gasteiger charge is 2.36. The zero-order valence-electron chi connectivity index (χ0n) is 22.8. The minimum absolute atomic E-state index is 0.144. The van der Waals surface area contributed by atoms with Gasteiger partial charge in [-0.25, -0.2) is 9.18 Å². The van der Waals surface area contributed by atoms with Crippen molar-refractivity contribution in [2.75, 3.05) is 6.61 Å². The van der Waals surface area contributed by atoms with Gasteiger partial charge in [0.15, 0.2) is 0 Å². The second-order valence-electron chi connectivity index (χ2n) is 9.69. The Bertz CT molecular complexity index is 1560. The summed E-state index contributed by atoms with van der Waals surface area (Å²) in [4.78, 5) is 44.3. The van der Waals surface area contributed by atoms with Gasteiger partial charge in [-0.05, 0) is 73.7 Å². The van der Waals surface area contributed by atoms with E-state index in [-0.39, 0.29) is 42.4 Å². The minimum Gasteiger partial charge on any atom is -0.467 e. The number of rotatable bonds is 10. The fourth-order valence-corrected chi connectivity index (χ4v) is 5.01. The van der Waals surface area contributed by atoms with E-state index in [0.717, 1.165) is 5.56 Å². The monoisotopic (exact) mass is 555 g/mol. The van der Waals surface area contributed by atoms with Crippen molar-refractivity contribution in [3.63, 3.8) is 0 Å². The fraction of sp³-hybridized carbons (Fsp3) is 0.250. The van der Waals surface area contributed by atoms with Crippen molar-refractivity contribution >= 4 is 17.8 Å². The summed E-state index contributed by atoms with van der Waals surface area (Å²) in [7, 11) is 0. The molecule has 0 spiro atoms. The summed E-state index contributed by atoms with van der Waals surface area (Å²) in [6.07, 6.45) is 3.04. The number of nitrogens with one attached hydrogen (secondary N) is 2. The predicted molar refractivity (Wildman–Crippen MR) is 150 cm³/mol. The summed E-state index contributed by atoms with van der Waals surface area (Å²) >= 11 is 0. The summed E-state index contributed by atoms with van der Waals surface area (Å²) in [5.74, 6) is -0.883. The van der Waals surface area contributed by atoms with E-state index in [1.165, 1.54) is 18.4 Å². The third-order valence-electron chi connectivity index (χ3n) is 7.05. The number of aryl methyl sites for hydroxylation is 2. The Labute approximate surface area is 236 Å². The standard InChI is InChI=1S/C32H30FN3O5/c1-3-24-29-28(31(38)36-24)26(20-10-12-21(13-11-20)30(37)34-18-23-6-5-17-41-23)27(32(39)40-4-2)25(35-29)16-9-19-7-14-22(33)15-8-19/h5-8,10-15,17,24H,3-4,9,16,18H2,1-2H3,(H,34,37)(H,36,38). The van der Waals surface area contributed by atoms with Crippen LogP contribution in [-0.2, 0) is 24.1 Å². The third kappa shape index (κ3) is 5.89. The van der Waals surface area contributed by atoms with Crippen molar-refractivity contribution in [3.8, 4) is 11.1 Å². The lowest BCUT2D eigenvalue weighted by atomic mass is 9.89. The highest BCUT2D eigenvalue weighted by molar-refractivity contribution is 6.10. The Morgan fingerprint density at radius 3 is 2.44 bits per heavy atom. The number of carbonyl (C=O) groups is 3. The zero-order chi connectivity index (χ0) is 28.9. The van der Waals surface area contributed by atoms with E-state index in [1.807, 2.05) is 6.92 Å². The maximum absolute atomic E-state index is 13.5. The summed E-state index contributed by atoms with van der Waals surface area (Å²) < 4.78 is 24.2. The summed E-state index contributed by atoms with van der Waals surface area (Å²) in [5, 5.41) is 5.79. The first kappa shape index (κ1) is 27.8. The number of amides is 2.